The highest BCUT2D eigenvalue weighted by Gasteiger charge is 2.35. The lowest BCUT2D eigenvalue weighted by atomic mass is 9.63. The highest BCUT2D eigenvalue weighted by atomic mass is 14.4. The fraction of sp³-hybridized carbons (Fsp3) is 0.733. The monoisotopic (exact) mass is 204 g/mol. The van der Waals surface area contributed by atoms with Crippen molar-refractivity contribution in [1.82, 2.24) is 0 Å². The van der Waals surface area contributed by atoms with Crippen molar-refractivity contribution in [3.8, 4) is 0 Å². The number of allylic oxidation sites excluding steroid dienone is 4. The molecule has 2 aliphatic rings. The molecule has 0 aliphatic heterocycles. The van der Waals surface area contributed by atoms with E-state index >= 15 is 0 Å². The molecule has 0 bridgehead atoms. The lowest BCUT2D eigenvalue weighted by Crippen LogP contribution is -2.32. The van der Waals surface area contributed by atoms with E-state index in [2.05, 4.69) is 39.8 Å². The van der Waals surface area contributed by atoms with E-state index in [0.29, 0.717) is 0 Å². The largest absolute Gasteiger partial charge is 0.0850 e. The van der Waals surface area contributed by atoms with Gasteiger partial charge in [0, 0.05) is 0 Å². The number of rotatable bonds is 1. The minimum atomic E-state index is 0.841. The Morgan fingerprint density at radius 2 is 1.87 bits per heavy atom. The fourth-order valence-electron chi connectivity index (χ4n) is 3.49. The van der Waals surface area contributed by atoms with Crippen LogP contribution in [0.5, 0.6) is 0 Å². The molecule has 0 amide bonds. The van der Waals surface area contributed by atoms with Gasteiger partial charge in [0.1, 0.15) is 0 Å². The Labute approximate surface area is 94.5 Å². The minimum absolute atomic E-state index is 0.841. The summed E-state index contributed by atoms with van der Waals surface area (Å²) in [4.78, 5) is 0. The molecule has 2 rings (SSSR count). The van der Waals surface area contributed by atoms with Gasteiger partial charge in [-0.15, -0.1) is 0 Å². The number of hydrogen-bond acceptors (Lipinski definition) is 0. The summed E-state index contributed by atoms with van der Waals surface area (Å²) in [5.74, 6) is 3.55. The molecule has 15 heavy (non-hydrogen) atoms. The molecule has 0 heterocycles. The quantitative estimate of drug-likeness (QED) is 0.548. The minimum Gasteiger partial charge on any atom is -0.0850 e. The topological polar surface area (TPSA) is 0 Å². The highest BCUT2D eigenvalue weighted by Crippen LogP contribution is 2.45. The first kappa shape index (κ1) is 11.0. The van der Waals surface area contributed by atoms with Crippen LogP contribution in [-0.4, -0.2) is 0 Å². The van der Waals surface area contributed by atoms with Crippen molar-refractivity contribution in [3.05, 3.63) is 23.3 Å². The van der Waals surface area contributed by atoms with Crippen LogP contribution in [0.4, 0.5) is 0 Å². The summed E-state index contributed by atoms with van der Waals surface area (Å²) in [6.07, 6.45) is 8.92. The van der Waals surface area contributed by atoms with Crippen LogP contribution in [0, 0.1) is 23.7 Å². The van der Waals surface area contributed by atoms with Crippen LogP contribution < -0.4 is 0 Å². The molecule has 0 spiro atoms. The second kappa shape index (κ2) is 4.15. The van der Waals surface area contributed by atoms with E-state index < -0.39 is 0 Å². The number of fused-ring (bicyclic) bond motifs is 1. The Morgan fingerprint density at radius 3 is 2.53 bits per heavy atom. The Morgan fingerprint density at radius 1 is 1.13 bits per heavy atom. The van der Waals surface area contributed by atoms with Crippen molar-refractivity contribution < 1.29 is 0 Å². The zero-order valence-electron chi connectivity index (χ0n) is 10.6. The van der Waals surface area contributed by atoms with E-state index in [0.717, 1.165) is 23.7 Å². The molecule has 0 N–H and O–H groups in total. The van der Waals surface area contributed by atoms with E-state index in [4.69, 9.17) is 0 Å². The lowest BCUT2D eigenvalue weighted by molar-refractivity contribution is 0.175. The van der Waals surface area contributed by atoms with Crippen molar-refractivity contribution in [2.45, 2.75) is 47.0 Å². The molecule has 0 aromatic rings. The average Bonchev–Trinajstić information content (AvgIpc) is 2.17. The van der Waals surface area contributed by atoms with E-state index in [1.807, 2.05) is 0 Å². The Hall–Kier alpha value is -0.520. The molecule has 3 atom stereocenters. The molecular weight excluding hydrogens is 180 g/mol. The summed E-state index contributed by atoms with van der Waals surface area (Å²) in [5, 5.41) is 0. The van der Waals surface area contributed by atoms with Crippen molar-refractivity contribution >= 4 is 0 Å². The molecule has 0 nitrogen and oxygen atoms in total. The van der Waals surface area contributed by atoms with Gasteiger partial charge >= 0.3 is 0 Å². The van der Waals surface area contributed by atoms with Crippen LogP contribution in [0.3, 0.4) is 0 Å². The normalized spacial score (nSPS) is 35.9. The van der Waals surface area contributed by atoms with Crippen LogP contribution >= 0.6 is 0 Å². The third-order valence-electron chi connectivity index (χ3n) is 4.50. The second-order valence-electron chi connectivity index (χ2n) is 5.85. The second-order valence-corrected chi connectivity index (χ2v) is 5.85. The van der Waals surface area contributed by atoms with E-state index in [-0.39, 0.29) is 0 Å². The molecule has 0 aromatic carbocycles. The van der Waals surface area contributed by atoms with Gasteiger partial charge in [0.15, 0.2) is 0 Å². The van der Waals surface area contributed by atoms with E-state index in [9.17, 15) is 0 Å². The predicted molar refractivity (Wildman–Crippen MR) is 66.7 cm³/mol. The zero-order chi connectivity index (χ0) is 11.0. The highest BCUT2D eigenvalue weighted by molar-refractivity contribution is 5.19. The van der Waals surface area contributed by atoms with Crippen molar-refractivity contribution in [3.63, 3.8) is 0 Å². The molecule has 84 valence electrons. The number of hydrogen-bond donors (Lipinski definition) is 0. The van der Waals surface area contributed by atoms with E-state index in [1.54, 1.807) is 11.1 Å². The van der Waals surface area contributed by atoms with Crippen LogP contribution in [0.2, 0.25) is 0 Å². The van der Waals surface area contributed by atoms with Crippen molar-refractivity contribution in [1.29, 1.82) is 0 Å². The van der Waals surface area contributed by atoms with Gasteiger partial charge in [0.2, 0.25) is 0 Å². The first-order valence-corrected chi connectivity index (χ1v) is 6.42. The molecule has 1 unspecified atom stereocenters. The third-order valence-corrected chi connectivity index (χ3v) is 4.50. The summed E-state index contributed by atoms with van der Waals surface area (Å²) in [5.41, 5.74) is 3.28. The van der Waals surface area contributed by atoms with Gasteiger partial charge in [-0.1, -0.05) is 37.1 Å². The summed E-state index contributed by atoms with van der Waals surface area (Å²) in [6, 6.07) is 0. The molecule has 0 radical (unpaired) electrons. The Balaban J connectivity index is 2.24. The predicted octanol–water partition coefficient (Wildman–Crippen LogP) is 4.58. The Bertz CT molecular complexity index is 293. The lowest BCUT2D eigenvalue weighted by Gasteiger charge is -2.42. The van der Waals surface area contributed by atoms with Crippen LogP contribution in [0.25, 0.3) is 0 Å². The first-order valence-electron chi connectivity index (χ1n) is 6.42. The van der Waals surface area contributed by atoms with Crippen molar-refractivity contribution in [2.75, 3.05) is 0 Å². The molecule has 0 saturated heterocycles. The smallest absolute Gasteiger partial charge is 0.0137 e. The Kier molecular flexibility index (Phi) is 3.04. The maximum Gasteiger partial charge on any atom is -0.0137 e. The molecule has 2 aliphatic carbocycles. The summed E-state index contributed by atoms with van der Waals surface area (Å²) in [6.45, 7) is 9.43. The third kappa shape index (κ3) is 2.04. The molecule has 0 fully saturated rings. The molecule has 0 saturated carbocycles. The standard InChI is InChI=1S/C15H24/c1-10(2)13-8-6-12(4)14-7-5-11(3)9-15(13)14/h5-6,10,13-15H,7-9H2,1-4H3/t13-,14+,15?/m1/s1. The molecular formula is C15H24. The maximum atomic E-state index is 2.50. The van der Waals surface area contributed by atoms with Crippen LogP contribution in [0.1, 0.15) is 47.0 Å². The molecule has 0 aromatic heterocycles. The summed E-state index contributed by atoms with van der Waals surface area (Å²) < 4.78 is 0. The van der Waals surface area contributed by atoms with Crippen molar-refractivity contribution in [2.24, 2.45) is 23.7 Å². The van der Waals surface area contributed by atoms with E-state index in [1.165, 1.54) is 19.3 Å². The zero-order valence-corrected chi connectivity index (χ0v) is 10.6. The fourth-order valence-corrected chi connectivity index (χ4v) is 3.49. The van der Waals surface area contributed by atoms with Gasteiger partial charge in [0.05, 0.1) is 0 Å². The van der Waals surface area contributed by atoms with Gasteiger partial charge in [-0.05, 0) is 56.8 Å². The summed E-state index contributed by atoms with van der Waals surface area (Å²) >= 11 is 0. The SMILES string of the molecule is CC1=CC[C@H]2C(C)=CC[C@H](C(C)C)C2C1. The van der Waals surface area contributed by atoms with Gasteiger partial charge in [-0.25, -0.2) is 0 Å². The first-order chi connectivity index (χ1) is 7.09. The van der Waals surface area contributed by atoms with Gasteiger partial charge < -0.3 is 0 Å². The summed E-state index contributed by atoms with van der Waals surface area (Å²) in [7, 11) is 0. The van der Waals surface area contributed by atoms with Crippen LogP contribution in [-0.2, 0) is 0 Å². The van der Waals surface area contributed by atoms with Gasteiger partial charge in [0.25, 0.3) is 0 Å². The van der Waals surface area contributed by atoms with Gasteiger partial charge in [-0.2, -0.15) is 0 Å². The van der Waals surface area contributed by atoms with Gasteiger partial charge in [-0.3, -0.25) is 0 Å². The molecule has 0 heteroatoms. The van der Waals surface area contributed by atoms with Crippen LogP contribution in [0.15, 0.2) is 23.3 Å². The average molecular weight is 204 g/mol. The maximum absolute atomic E-state index is 2.50.